The third kappa shape index (κ3) is 4.66. The number of hydrogen-bond donors (Lipinski definition) is 2. The van der Waals surface area contributed by atoms with Gasteiger partial charge in [-0.3, -0.25) is 9.59 Å². The molecular formula is C20H24N4O2S. The van der Waals surface area contributed by atoms with E-state index in [9.17, 15) is 9.59 Å². The van der Waals surface area contributed by atoms with Crippen LogP contribution in [-0.4, -0.2) is 28.0 Å². The zero-order valence-corrected chi connectivity index (χ0v) is 16.8. The average Bonchev–Trinajstić information content (AvgIpc) is 3.46. The maximum Gasteiger partial charge on any atom is 0.260 e. The number of aryl methyl sites for hydroxylation is 1. The molecule has 3 rings (SSSR count). The number of benzene rings is 1. The highest BCUT2D eigenvalue weighted by atomic mass is 32.2. The summed E-state index contributed by atoms with van der Waals surface area (Å²) in [5.41, 5.74) is 2.44. The summed E-state index contributed by atoms with van der Waals surface area (Å²) < 4.78 is 0. The van der Waals surface area contributed by atoms with Crippen molar-refractivity contribution in [3.05, 3.63) is 41.3 Å². The van der Waals surface area contributed by atoms with E-state index >= 15 is 0 Å². The van der Waals surface area contributed by atoms with Crippen LogP contribution in [0.1, 0.15) is 54.5 Å². The van der Waals surface area contributed by atoms with Gasteiger partial charge < -0.3 is 10.6 Å². The zero-order chi connectivity index (χ0) is 19.6. The molecular weight excluding hydrogens is 360 g/mol. The molecule has 0 radical (unpaired) electrons. The fraction of sp³-hybridized carbons (Fsp3) is 0.400. The highest BCUT2D eigenvalue weighted by Gasteiger charge is 2.29. The van der Waals surface area contributed by atoms with Crippen molar-refractivity contribution in [2.45, 2.75) is 44.6 Å². The molecule has 1 aliphatic carbocycles. The van der Waals surface area contributed by atoms with Gasteiger partial charge in [0, 0.05) is 23.2 Å². The van der Waals surface area contributed by atoms with Crippen molar-refractivity contribution < 1.29 is 9.59 Å². The number of anilines is 2. The summed E-state index contributed by atoms with van der Waals surface area (Å²) in [5, 5.41) is 6.46. The monoisotopic (exact) mass is 384 g/mol. The third-order valence-electron chi connectivity index (χ3n) is 4.35. The van der Waals surface area contributed by atoms with E-state index in [0.29, 0.717) is 27.7 Å². The average molecular weight is 385 g/mol. The zero-order valence-electron chi connectivity index (χ0n) is 16.0. The van der Waals surface area contributed by atoms with Crippen LogP contribution in [0.25, 0.3) is 0 Å². The summed E-state index contributed by atoms with van der Waals surface area (Å²) in [6, 6.07) is 7.17. The standard InChI is InChI=1S/C20H24N4O2S/c1-11(2)17-21-12(3)16(20(24-17)27-4)19(26)23-15-7-5-6-14(10-15)22-18(25)13-8-9-13/h5-7,10-11,13H,8-9H2,1-4H3,(H,22,25)(H,23,26). The van der Waals surface area contributed by atoms with Crippen LogP contribution in [0.4, 0.5) is 11.4 Å². The molecule has 0 bridgehead atoms. The number of aromatic nitrogens is 2. The minimum atomic E-state index is -0.252. The molecule has 6 nitrogen and oxygen atoms in total. The molecule has 0 saturated heterocycles. The Morgan fingerprint density at radius 1 is 1.15 bits per heavy atom. The fourth-order valence-electron chi connectivity index (χ4n) is 2.69. The van der Waals surface area contributed by atoms with Crippen LogP contribution >= 0.6 is 11.8 Å². The lowest BCUT2D eigenvalue weighted by Gasteiger charge is -2.14. The number of rotatable bonds is 6. The Hall–Kier alpha value is -2.41. The maximum absolute atomic E-state index is 12.9. The SMILES string of the molecule is CSc1nc(C(C)C)nc(C)c1C(=O)Nc1cccc(NC(=O)C2CC2)c1. The van der Waals surface area contributed by atoms with Crippen molar-refractivity contribution in [3.63, 3.8) is 0 Å². The van der Waals surface area contributed by atoms with E-state index in [1.807, 2.05) is 33.1 Å². The Kier molecular flexibility index (Phi) is 5.79. The van der Waals surface area contributed by atoms with Crippen LogP contribution in [-0.2, 0) is 4.79 Å². The van der Waals surface area contributed by atoms with Crippen LogP contribution in [0.5, 0.6) is 0 Å². The summed E-state index contributed by atoms with van der Waals surface area (Å²) in [5.74, 6) is 0.845. The normalized spacial score (nSPS) is 13.5. The lowest BCUT2D eigenvalue weighted by Crippen LogP contribution is -2.18. The van der Waals surface area contributed by atoms with Gasteiger partial charge in [-0.25, -0.2) is 9.97 Å². The summed E-state index contributed by atoms with van der Waals surface area (Å²) >= 11 is 1.43. The first-order valence-corrected chi connectivity index (χ1v) is 10.3. The molecule has 2 aromatic rings. The molecule has 1 aliphatic rings. The number of thioether (sulfide) groups is 1. The van der Waals surface area contributed by atoms with Gasteiger partial charge in [-0.15, -0.1) is 11.8 Å². The predicted octanol–water partition coefficient (Wildman–Crippen LogP) is 4.23. The highest BCUT2D eigenvalue weighted by molar-refractivity contribution is 7.98. The van der Waals surface area contributed by atoms with Gasteiger partial charge in [0.25, 0.3) is 5.91 Å². The molecule has 0 atom stereocenters. The van der Waals surface area contributed by atoms with Crippen molar-refractivity contribution in [1.29, 1.82) is 0 Å². The number of hydrogen-bond acceptors (Lipinski definition) is 5. The second kappa shape index (κ2) is 8.08. The van der Waals surface area contributed by atoms with Crippen molar-refractivity contribution in [2.75, 3.05) is 16.9 Å². The number of nitrogens with one attached hydrogen (secondary N) is 2. The Bertz CT molecular complexity index is 878. The van der Waals surface area contributed by atoms with Gasteiger partial charge in [-0.05, 0) is 44.2 Å². The van der Waals surface area contributed by atoms with E-state index < -0.39 is 0 Å². The van der Waals surface area contributed by atoms with Crippen molar-refractivity contribution in [2.24, 2.45) is 5.92 Å². The van der Waals surface area contributed by atoms with Gasteiger partial charge in [0.1, 0.15) is 10.9 Å². The van der Waals surface area contributed by atoms with Gasteiger partial charge in [0.05, 0.1) is 11.3 Å². The van der Waals surface area contributed by atoms with Crippen LogP contribution in [0.15, 0.2) is 29.3 Å². The maximum atomic E-state index is 12.9. The summed E-state index contributed by atoms with van der Waals surface area (Å²) in [4.78, 5) is 33.8. The van der Waals surface area contributed by atoms with Gasteiger partial charge in [0.2, 0.25) is 5.91 Å². The molecule has 27 heavy (non-hydrogen) atoms. The van der Waals surface area contributed by atoms with Gasteiger partial charge in [-0.1, -0.05) is 19.9 Å². The van der Waals surface area contributed by atoms with E-state index in [1.165, 1.54) is 11.8 Å². The van der Waals surface area contributed by atoms with Crippen LogP contribution < -0.4 is 10.6 Å². The first-order valence-electron chi connectivity index (χ1n) is 9.03. The Balaban J connectivity index is 1.80. The minimum Gasteiger partial charge on any atom is -0.326 e. The van der Waals surface area contributed by atoms with Gasteiger partial charge >= 0.3 is 0 Å². The number of amides is 2. The van der Waals surface area contributed by atoms with Crippen molar-refractivity contribution >= 4 is 35.0 Å². The largest absolute Gasteiger partial charge is 0.326 e. The fourth-order valence-corrected chi connectivity index (χ4v) is 3.32. The summed E-state index contributed by atoms with van der Waals surface area (Å²) in [6.07, 6.45) is 3.80. The minimum absolute atomic E-state index is 0.0386. The summed E-state index contributed by atoms with van der Waals surface area (Å²) in [7, 11) is 0. The van der Waals surface area contributed by atoms with Crippen LogP contribution in [0.2, 0.25) is 0 Å². The Morgan fingerprint density at radius 3 is 2.41 bits per heavy atom. The van der Waals surface area contributed by atoms with E-state index in [0.717, 1.165) is 18.7 Å². The van der Waals surface area contributed by atoms with Crippen molar-refractivity contribution in [3.8, 4) is 0 Å². The second-order valence-electron chi connectivity index (χ2n) is 7.00. The molecule has 0 aliphatic heterocycles. The van der Waals surface area contributed by atoms with E-state index in [4.69, 9.17) is 0 Å². The second-order valence-corrected chi connectivity index (χ2v) is 7.80. The van der Waals surface area contributed by atoms with Gasteiger partial charge in [0.15, 0.2) is 0 Å². The third-order valence-corrected chi connectivity index (χ3v) is 5.03. The molecule has 1 fully saturated rings. The lowest BCUT2D eigenvalue weighted by molar-refractivity contribution is -0.117. The van der Waals surface area contributed by atoms with Crippen LogP contribution in [0, 0.1) is 12.8 Å². The summed E-state index contributed by atoms with van der Waals surface area (Å²) in [6.45, 7) is 5.88. The lowest BCUT2D eigenvalue weighted by atomic mass is 10.1. The first kappa shape index (κ1) is 19.4. The molecule has 1 aromatic carbocycles. The number of carbonyl (C=O) groups excluding carboxylic acids is 2. The highest BCUT2D eigenvalue weighted by Crippen LogP contribution is 2.30. The van der Waals surface area contributed by atoms with E-state index in [1.54, 1.807) is 18.2 Å². The molecule has 7 heteroatoms. The molecule has 2 N–H and O–H groups in total. The van der Waals surface area contributed by atoms with E-state index in [-0.39, 0.29) is 23.7 Å². The molecule has 0 unspecified atom stereocenters. The molecule has 142 valence electrons. The smallest absolute Gasteiger partial charge is 0.260 e. The van der Waals surface area contributed by atoms with Gasteiger partial charge in [-0.2, -0.15) is 0 Å². The molecule has 2 amide bonds. The molecule has 1 saturated carbocycles. The Morgan fingerprint density at radius 2 is 1.81 bits per heavy atom. The topological polar surface area (TPSA) is 84.0 Å². The van der Waals surface area contributed by atoms with Crippen molar-refractivity contribution in [1.82, 2.24) is 9.97 Å². The number of carbonyl (C=O) groups is 2. The van der Waals surface area contributed by atoms with Crippen LogP contribution in [0.3, 0.4) is 0 Å². The first-order chi connectivity index (χ1) is 12.9. The molecule has 1 heterocycles. The predicted molar refractivity (Wildman–Crippen MR) is 108 cm³/mol. The Labute approximate surface area is 163 Å². The van der Waals surface area contributed by atoms with E-state index in [2.05, 4.69) is 20.6 Å². The quantitative estimate of drug-likeness (QED) is 0.575. The number of nitrogens with zero attached hydrogens (tertiary/aromatic N) is 2. The molecule has 1 aromatic heterocycles. The molecule has 0 spiro atoms.